The second-order valence-corrected chi connectivity index (χ2v) is 6.80. The van der Waals surface area contributed by atoms with Gasteiger partial charge in [-0.25, -0.2) is 9.78 Å². The Hall–Kier alpha value is -2.90. The normalized spacial score (nSPS) is 13.0. The van der Waals surface area contributed by atoms with Crippen molar-refractivity contribution in [3.63, 3.8) is 0 Å². The predicted molar refractivity (Wildman–Crippen MR) is 91.5 cm³/mol. The SMILES string of the molecule is CC(C)(C)C(Cn1ccnc1)NC(=O)Nc1ccc2n[nH]nc2c1. The van der Waals surface area contributed by atoms with E-state index in [1.807, 2.05) is 10.8 Å². The summed E-state index contributed by atoms with van der Waals surface area (Å²) in [5, 5.41) is 16.5. The minimum Gasteiger partial charge on any atom is -0.335 e. The number of aromatic nitrogens is 5. The number of urea groups is 1. The van der Waals surface area contributed by atoms with E-state index in [1.54, 1.807) is 30.7 Å². The van der Waals surface area contributed by atoms with E-state index in [9.17, 15) is 4.79 Å². The van der Waals surface area contributed by atoms with Crippen molar-refractivity contribution in [2.24, 2.45) is 5.41 Å². The molecule has 1 aromatic carbocycles. The molecule has 1 atom stereocenters. The Labute approximate surface area is 139 Å². The first-order valence-electron chi connectivity index (χ1n) is 7.75. The average Bonchev–Trinajstić information content (AvgIpc) is 3.16. The summed E-state index contributed by atoms with van der Waals surface area (Å²) in [5.41, 5.74) is 2.04. The molecule has 0 aliphatic carbocycles. The molecular weight excluding hydrogens is 306 g/mol. The lowest BCUT2D eigenvalue weighted by molar-refractivity contribution is 0.219. The number of imidazole rings is 1. The summed E-state index contributed by atoms with van der Waals surface area (Å²) in [7, 11) is 0. The number of carbonyl (C=O) groups is 1. The largest absolute Gasteiger partial charge is 0.335 e. The van der Waals surface area contributed by atoms with E-state index < -0.39 is 0 Å². The highest BCUT2D eigenvalue weighted by molar-refractivity contribution is 5.91. The van der Waals surface area contributed by atoms with Gasteiger partial charge in [0.25, 0.3) is 0 Å². The smallest absolute Gasteiger partial charge is 0.319 e. The minimum atomic E-state index is -0.252. The number of nitrogens with one attached hydrogen (secondary N) is 3. The monoisotopic (exact) mass is 327 g/mol. The maximum absolute atomic E-state index is 12.4. The van der Waals surface area contributed by atoms with E-state index in [4.69, 9.17) is 0 Å². The lowest BCUT2D eigenvalue weighted by atomic mass is 9.86. The van der Waals surface area contributed by atoms with Gasteiger partial charge in [0.15, 0.2) is 0 Å². The molecule has 2 heterocycles. The van der Waals surface area contributed by atoms with Crippen LogP contribution in [-0.4, -0.2) is 37.0 Å². The number of benzene rings is 1. The van der Waals surface area contributed by atoms with Gasteiger partial charge in [0.05, 0.1) is 12.4 Å². The molecule has 2 amide bonds. The topological polar surface area (TPSA) is 101 Å². The number of H-pyrrole nitrogens is 1. The molecule has 0 aliphatic heterocycles. The third-order valence-electron chi connectivity index (χ3n) is 3.88. The Balaban J connectivity index is 1.68. The number of carbonyl (C=O) groups excluding carboxylic acids is 1. The van der Waals surface area contributed by atoms with E-state index in [1.165, 1.54) is 0 Å². The second kappa shape index (κ2) is 6.31. The van der Waals surface area contributed by atoms with E-state index in [2.05, 4.69) is 51.8 Å². The molecule has 0 radical (unpaired) electrons. The fourth-order valence-electron chi connectivity index (χ4n) is 2.39. The summed E-state index contributed by atoms with van der Waals surface area (Å²) in [6.45, 7) is 6.93. The number of nitrogens with zero attached hydrogens (tertiary/aromatic N) is 4. The number of aromatic amines is 1. The van der Waals surface area contributed by atoms with Gasteiger partial charge >= 0.3 is 6.03 Å². The fourth-order valence-corrected chi connectivity index (χ4v) is 2.39. The Bertz CT molecular complexity index is 816. The van der Waals surface area contributed by atoms with Crippen LogP contribution in [0.4, 0.5) is 10.5 Å². The van der Waals surface area contributed by atoms with Crippen molar-refractivity contribution in [1.82, 2.24) is 30.3 Å². The maximum atomic E-state index is 12.4. The Morgan fingerprint density at radius 1 is 1.29 bits per heavy atom. The van der Waals surface area contributed by atoms with Gasteiger partial charge in [0, 0.05) is 24.6 Å². The number of anilines is 1. The molecule has 1 unspecified atom stereocenters. The molecule has 3 aromatic rings. The lowest BCUT2D eigenvalue weighted by Gasteiger charge is -2.31. The molecule has 0 aliphatic rings. The van der Waals surface area contributed by atoms with Gasteiger partial charge in [0.2, 0.25) is 0 Å². The summed E-state index contributed by atoms with van der Waals surface area (Å²) in [6.07, 6.45) is 5.36. The third-order valence-corrected chi connectivity index (χ3v) is 3.88. The fraction of sp³-hybridized carbons (Fsp3) is 0.375. The number of hydrogen-bond acceptors (Lipinski definition) is 4. The number of fused-ring (bicyclic) bond motifs is 1. The zero-order chi connectivity index (χ0) is 17.2. The van der Waals surface area contributed by atoms with Gasteiger partial charge in [-0.3, -0.25) is 0 Å². The highest BCUT2D eigenvalue weighted by Gasteiger charge is 2.26. The van der Waals surface area contributed by atoms with Crippen LogP contribution >= 0.6 is 0 Å². The Kier molecular flexibility index (Phi) is 4.20. The molecule has 0 fully saturated rings. The molecule has 0 saturated heterocycles. The molecular formula is C16H21N7O. The summed E-state index contributed by atoms with van der Waals surface area (Å²) >= 11 is 0. The summed E-state index contributed by atoms with van der Waals surface area (Å²) in [4.78, 5) is 16.4. The van der Waals surface area contributed by atoms with E-state index in [0.717, 1.165) is 5.52 Å². The second-order valence-electron chi connectivity index (χ2n) is 6.80. The summed E-state index contributed by atoms with van der Waals surface area (Å²) < 4.78 is 1.96. The molecule has 3 rings (SSSR count). The summed E-state index contributed by atoms with van der Waals surface area (Å²) in [5.74, 6) is 0. The highest BCUT2D eigenvalue weighted by atomic mass is 16.2. The van der Waals surface area contributed by atoms with Crippen molar-refractivity contribution in [2.45, 2.75) is 33.4 Å². The molecule has 8 heteroatoms. The van der Waals surface area contributed by atoms with Crippen LogP contribution in [0, 0.1) is 5.41 Å². The first-order valence-corrected chi connectivity index (χ1v) is 7.75. The van der Waals surface area contributed by atoms with Gasteiger partial charge in [-0.2, -0.15) is 15.4 Å². The van der Waals surface area contributed by atoms with Crippen LogP contribution < -0.4 is 10.6 Å². The van der Waals surface area contributed by atoms with Crippen molar-refractivity contribution >= 4 is 22.8 Å². The van der Waals surface area contributed by atoms with Crippen molar-refractivity contribution in [3.8, 4) is 0 Å². The molecule has 3 N–H and O–H groups in total. The standard InChI is InChI=1S/C16H21N7O/c1-16(2,3)14(9-23-7-6-17-10-23)19-15(24)18-11-4-5-12-13(8-11)21-22-20-12/h4-8,10,14H,9H2,1-3H3,(H2,18,19,24)(H,20,21,22). The van der Waals surface area contributed by atoms with Crippen LogP contribution in [0.1, 0.15) is 20.8 Å². The first kappa shape index (κ1) is 16.0. The Morgan fingerprint density at radius 2 is 2.08 bits per heavy atom. The molecule has 126 valence electrons. The van der Waals surface area contributed by atoms with E-state index in [-0.39, 0.29) is 17.5 Å². The minimum absolute atomic E-state index is 0.0533. The highest BCUT2D eigenvalue weighted by Crippen LogP contribution is 2.21. The number of rotatable bonds is 4. The first-order chi connectivity index (χ1) is 11.4. The van der Waals surface area contributed by atoms with Crippen molar-refractivity contribution < 1.29 is 4.79 Å². The van der Waals surface area contributed by atoms with Crippen LogP contribution in [-0.2, 0) is 6.54 Å². The van der Waals surface area contributed by atoms with Crippen molar-refractivity contribution in [1.29, 1.82) is 0 Å². The third kappa shape index (κ3) is 3.70. The molecule has 24 heavy (non-hydrogen) atoms. The van der Waals surface area contributed by atoms with Crippen LogP contribution in [0.2, 0.25) is 0 Å². The van der Waals surface area contributed by atoms with Crippen molar-refractivity contribution in [3.05, 3.63) is 36.9 Å². The van der Waals surface area contributed by atoms with Gasteiger partial charge in [0.1, 0.15) is 11.0 Å². The Morgan fingerprint density at radius 3 is 2.79 bits per heavy atom. The number of hydrogen-bond donors (Lipinski definition) is 3. The van der Waals surface area contributed by atoms with Gasteiger partial charge in [-0.1, -0.05) is 20.8 Å². The van der Waals surface area contributed by atoms with Crippen LogP contribution in [0.3, 0.4) is 0 Å². The summed E-state index contributed by atoms with van der Waals surface area (Å²) in [6, 6.07) is 5.08. The van der Waals surface area contributed by atoms with Gasteiger partial charge < -0.3 is 15.2 Å². The zero-order valence-corrected chi connectivity index (χ0v) is 13.9. The molecule has 0 spiro atoms. The van der Waals surface area contributed by atoms with Crippen LogP contribution in [0.15, 0.2) is 36.9 Å². The molecule has 2 aromatic heterocycles. The molecule has 0 saturated carbocycles. The zero-order valence-electron chi connectivity index (χ0n) is 13.9. The van der Waals surface area contributed by atoms with Gasteiger partial charge in [-0.05, 0) is 23.6 Å². The van der Waals surface area contributed by atoms with E-state index in [0.29, 0.717) is 17.7 Å². The lowest BCUT2D eigenvalue weighted by Crippen LogP contribution is -2.47. The maximum Gasteiger partial charge on any atom is 0.319 e. The van der Waals surface area contributed by atoms with Gasteiger partial charge in [-0.15, -0.1) is 0 Å². The van der Waals surface area contributed by atoms with Crippen LogP contribution in [0.25, 0.3) is 11.0 Å². The molecule has 8 nitrogen and oxygen atoms in total. The predicted octanol–water partition coefficient (Wildman–Crippen LogP) is 2.39. The quantitative estimate of drug-likeness (QED) is 0.685. The van der Waals surface area contributed by atoms with Crippen LogP contribution in [0.5, 0.6) is 0 Å². The van der Waals surface area contributed by atoms with Crippen molar-refractivity contribution in [2.75, 3.05) is 5.32 Å². The molecule has 0 bridgehead atoms. The number of amides is 2. The van der Waals surface area contributed by atoms with E-state index >= 15 is 0 Å². The average molecular weight is 327 g/mol.